The van der Waals surface area contributed by atoms with Crippen molar-refractivity contribution in [2.24, 2.45) is 5.73 Å². The first-order valence-corrected chi connectivity index (χ1v) is 6.23. The van der Waals surface area contributed by atoms with Crippen molar-refractivity contribution in [1.29, 1.82) is 0 Å². The predicted octanol–water partition coefficient (Wildman–Crippen LogP) is 2.15. The van der Waals surface area contributed by atoms with Gasteiger partial charge in [-0.2, -0.15) is 0 Å². The van der Waals surface area contributed by atoms with E-state index in [9.17, 15) is 9.18 Å². The van der Waals surface area contributed by atoms with Gasteiger partial charge in [-0.15, -0.1) is 0 Å². The monoisotopic (exact) mass is 258 g/mol. The molecule has 2 aromatic rings. The molecule has 98 valence electrons. The number of rotatable bonds is 1. The molecule has 0 saturated carbocycles. The molecule has 0 radical (unpaired) electrons. The molecule has 19 heavy (non-hydrogen) atoms. The second-order valence-corrected chi connectivity index (χ2v) is 5.46. The maximum Gasteiger partial charge on any atom is 0.254 e. The Labute approximate surface area is 110 Å². The lowest BCUT2D eigenvalue weighted by molar-refractivity contribution is 0.0456. The summed E-state index contributed by atoms with van der Waals surface area (Å²) in [5.74, 6) is -0.390. The second-order valence-electron chi connectivity index (χ2n) is 5.46. The second kappa shape index (κ2) is 4.03. The van der Waals surface area contributed by atoms with Crippen LogP contribution in [0.1, 0.15) is 17.3 Å². The Balaban J connectivity index is 2.02. The highest BCUT2D eigenvalue weighted by Gasteiger charge is 2.38. The zero-order valence-corrected chi connectivity index (χ0v) is 10.7. The van der Waals surface area contributed by atoms with E-state index in [1.54, 1.807) is 29.2 Å². The zero-order chi connectivity index (χ0) is 13.6. The first-order valence-electron chi connectivity index (χ1n) is 6.23. The van der Waals surface area contributed by atoms with Crippen molar-refractivity contribution in [3.05, 3.63) is 47.8 Å². The minimum absolute atomic E-state index is 0.0841. The Bertz CT molecular complexity index is 658. The molecule has 3 rings (SSSR count). The number of carbonyl (C=O) groups excluding carboxylic acids is 1. The van der Waals surface area contributed by atoms with Gasteiger partial charge in [-0.25, -0.2) is 4.39 Å². The quantitative estimate of drug-likeness (QED) is 0.852. The Morgan fingerprint density at radius 1 is 1.21 bits per heavy atom. The van der Waals surface area contributed by atoms with Crippen molar-refractivity contribution in [2.75, 3.05) is 13.1 Å². The van der Waals surface area contributed by atoms with Gasteiger partial charge in [0.2, 0.25) is 0 Å². The molecule has 2 aromatic carbocycles. The van der Waals surface area contributed by atoms with Gasteiger partial charge in [0.25, 0.3) is 5.91 Å². The van der Waals surface area contributed by atoms with Crippen LogP contribution in [-0.4, -0.2) is 29.4 Å². The summed E-state index contributed by atoms with van der Waals surface area (Å²) in [7, 11) is 0. The molecule has 0 bridgehead atoms. The third-order valence-electron chi connectivity index (χ3n) is 3.49. The largest absolute Gasteiger partial charge is 0.335 e. The van der Waals surface area contributed by atoms with Crippen LogP contribution < -0.4 is 5.73 Å². The summed E-state index contributed by atoms with van der Waals surface area (Å²) in [6.07, 6.45) is 0. The van der Waals surface area contributed by atoms with E-state index >= 15 is 0 Å². The van der Waals surface area contributed by atoms with Crippen molar-refractivity contribution >= 4 is 16.7 Å². The van der Waals surface area contributed by atoms with E-state index in [0.717, 1.165) is 0 Å². The fourth-order valence-electron chi connectivity index (χ4n) is 2.59. The SMILES string of the molecule is CC1(N)CN(C(=O)c2ccc(F)c3ccccc23)C1. The molecule has 1 aliphatic heterocycles. The highest BCUT2D eigenvalue weighted by atomic mass is 19.1. The number of carbonyl (C=O) groups is 1. The van der Waals surface area contributed by atoms with E-state index in [-0.39, 0.29) is 17.3 Å². The molecule has 0 aromatic heterocycles. The number of fused-ring (bicyclic) bond motifs is 1. The highest BCUT2D eigenvalue weighted by molar-refractivity contribution is 6.07. The molecule has 0 atom stereocenters. The van der Waals surface area contributed by atoms with Gasteiger partial charge in [0.1, 0.15) is 5.82 Å². The summed E-state index contributed by atoms with van der Waals surface area (Å²) in [6.45, 7) is 2.99. The molecular formula is C15H15FN2O. The van der Waals surface area contributed by atoms with Crippen LogP contribution >= 0.6 is 0 Å². The van der Waals surface area contributed by atoms with E-state index in [2.05, 4.69) is 0 Å². The average molecular weight is 258 g/mol. The third-order valence-corrected chi connectivity index (χ3v) is 3.49. The number of nitrogens with zero attached hydrogens (tertiary/aromatic N) is 1. The molecule has 0 aliphatic carbocycles. The molecule has 1 fully saturated rings. The number of amides is 1. The van der Waals surface area contributed by atoms with E-state index in [1.807, 2.05) is 13.0 Å². The number of halogens is 1. The molecule has 2 N–H and O–H groups in total. The molecule has 1 heterocycles. The number of nitrogens with two attached hydrogens (primary N) is 1. The molecule has 3 nitrogen and oxygen atoms in total. The topological polar surface area (TPSA) is 46.3 Å². The fourth-order valence-corrected chi connectivity index (χ4v) is 2.59. The Kier molecular flexibility index (Phi) is 2.57. The van der Waals surface area contributed by atoms with Crippen LogP contribution in [0.5, 0.6) is 0 Å². The lowest BCUT2D eigenvalue weighted by Crippen LogP contribution is -2.66. The van der Waals surface area contributed by atoms with Gasteiger partial charge in [0.15, 0.2) is 0 Å². The predicted molar refractivity (Wildman–Crippen MR) is 72.4 cm³/mol. The van der Waals surface area contributed by atoms with Gasteiger partial charge < -0.3 is 10.6 Å². The average Bonchev–Trinajstić information content (AvgIpc) is 2.36. The highest BCUT2D eigenvalue weighted by Crippen LogP contribution is 2.26. The minimum atomic E-state index is -0.306. The Hall–Kier alpha value is -1.94. The third kappa shape index (κ3) is 1.98. The number of benzene rings is 2. The minimum Gasteiger partial charge on any atom is -0.335 e. The lowest BCUT2D eigenvalue weighted by Gasteiger charge is -2.45. The summed E-state index contributed by atoms with van der Waals surface area (Å²) in [5, 5.41) is 1.13. The van der Waals surface area contributed by atoms with Gasteiger partial charge in [-0.1, -0.05) is 24.3 Å². The molecule has 1 amide bonds. The van der Waals surface area contributed by atoms with E-state index in [1.165, 1.54) is 6.07 Å². The number of hydrogen-bond acceptors (Lipinski definition) is 2. The van der Waals surface area contributed by atoms with Crippen LogP contribution in [-0.2, 0) is 0 Å². The van der Waals surface area contributed by atoms with E-state index < -0.39 is 0 Å². The van der Waals surface area contributed by atoms with Gasteiger partial charge in [0, 0.05) is 29.6 Å². The fraction of sp³-hybridized carbons (Fsp3) is 0.267. The molecule has 1 saturated heterocycles. The molecule has 0 unspecified atom stereocenters. The van der Waals surface area contributed by atoms with Gasteiger partial charge in [0.05, 0.1) is 0 Å². The van der Waals surface area contributed by atoms with Crippen molar-refractivity contribution in [3.8, 4) is 0 Å². The molecular weight excluding hydrogens is 243 g/mol. The summed E-state index contributed by atoms with van der Waals surface area (Å²) < 4.78 is 13.7. The Morgan fingerprint density at radius 3 is 2.47 bits per heavy atom. The van der Waals surface area contributed by atoms with E-state index in [4.69, 9.17) is 5.73 Å². The summed E-state index contributed by atoms with van der Waals surface area (Å²) in [4.78, 5) is 14.1. The summed E-state index contributed by atoms with van der Waals surface area (Å²) in [6, 6.07) is 9.92. The number of hydrogen-bond donors (Lipinski definition) is 1. The summed E-state index contributed by atoms with van der Waals surface area (Å²) in [5.41, 5.74) is 6.15. The van der Waals surface area contributed by atoms with Crippen LogP contribution in [0.3, 0.4) is 0 Å². The van der Waals surface area contributed by atoms with Crippen molar-refractivity contribution < 1.29 is 9.18 Å². The molecule has 0 spiro atoms. The normalized spacial score (nSPS) is 17.3. The maximum absolute atomic E-state index is 13.7. The van der Waals surface area contributed by atoms with Gasteiger partial charge in [-0.05, 0) is 24.4 Å². The van der Waals surface area contributed by atoms with E-state index in [0.29, 0.717) is 29.4 Å². The number of likely N-dealkylation sites (tertiary alicyclic amines) is 1. The zero-order valence-electron chi connectivity index (χ0n) is 10.7. The first kappa shape index (κ1) is 12.1. The molecule has 4 heteroatoms. The summed E-state index contributed by atoms with van der Waals surface area (Å²) >= 11 is 0. The van der Waals surface area contributed by atoms with Crippen LogP contribution in [0.15, 0.2) is 36.4 Å². The first-order chi connectivity index (χ1) is 8.98. The van der Waals surface area contributed by atoms with Gasteiger partial charge in [-0.3, -0.25) is 4.79 Å². The lowest BCUT2D eigenvalue weighted by atomic mass is 9.92. The smallest absolute Gasteiger partial charge is 0.254 e. The van der Waals surface area contributed by atoms with Crippen molar-refractivity contribution in [1.82, 2.24) is 4.90 Å². The van der Waals surface area contributed by atoms with Crippen molar-refractivity contribution in [2.45, 2.75) is 12.5 Å². The van der Waals surface area contributed by atoms with Crippen LogP contribution in [0.2, 0.25) is 0 Å². The van der Waals surface area contributed by atoms with Crippen LogP contribution in [0, 0.1) is 5.82 Å². The van der Waals surface area contributed by atoms with Crippen LogP contribution in [0.4, 0.5) is 4.39 Å². The standard InChI is InChI=1S/C15H15FN2O/c1-15(17)8-18(9-15)14(19)12-6-7-13(16)11-5-3-2-4-10(11)12/h2-7H,8-9,17H2,1H3. The van der Waals surface area contributed by atoms with Crippen LogP contribution in [0.25, 0.3) is 10.8 Å². The van der Waals surface area contributed by atoms with Crippen molar-refractivity contribution in [3.63, 3.8) is 0 Å². The van der Waals surface area contributed by atoms with Gasteiger partial charge >= 0.3 is 0 Å². The maximum atomic E-state index is 13.7. The molecule has 1 aliphatic rings. The Morgan fingerprint density at radius 2 is 1.84 bits per heavy atom.